The maximum atomic E-state index is 10.6. The number of carbonyl (C=O) groups is 1. The fourth-order valence-corrected chi connectivity index (χ4v) is 1.45. The number of carboxylic acid groups (broad SMARTS) is 1. The summed E-state index contributed by atoms with van der Waals surface area (Å²) in [6.07, 6.45) is 4.96. The maximum Gasteiger partial charge on any atom is 0.309 e. The lowest BCUT2D eigenvalue weighted by Crippen LogP contribution is -2.02. The van der Waals surface area contributed by atoms with Gasteiger partial charge in [0.05, 0.1) is 12.1 Å². The van der Waals surface area contributed by atoms with Crippen LogP contribution in [0.3, 0.4) is 0 Å². The summed E-state index contributed by atoms with van der Waals surface area (Å²) in [7, 11) is 0. The fraction of sp³-hybridized carbons (Fsp3) is 0.0833. The van der Waals surface area contributed by atoms with Crippen molar-refractivity contribution >= 4 is 5.97 Å². The van der Waals surface area contributed by atoms with Crippen LogP contribution in [-0.4, -0.2) is 21.0 Å². The zero-order chi connectivity index (χ0) is 11.4. The molecule has 0 fully saturated rings. The van der Waals surface area contributed by atoms with Gasteiger partial charge in [0.2, 0.25) is 0 Å². The van der Waals surface area contributed by atoms with Gasteiger partial charge in [0.25, 0.3) is 0 Å². The van der Waals surface area contributed by atoms with Crippen LogP contribution in [0.2, 0.25) is 0 Å². The molecule has 4 heteroatoms. The zero-order valence-electron chi connectivity index (χ0n) is 8.50. The van der Waals surface area contributed by atoms with Crippen molar-refractivity contribution in [2.75, 3.05) is 0 Å². The minimum absolute atomic E-state index is 0.0566. The van der Waals surface area contributed by atoms with Crippen LogP contribution in [0.4, 0.5) is 0 Å². The van der Waals surface area contributed by atoms with E-state index < -0.39 is 5.97 Å². The Bertz CT molecular complexity index is 497. The third kappa shape index (κ3) is 2.42. The summed E-state index contributed by atoms with van der Waals surface area (Å²) < 4.78 is 0. The predicted molar refractivity (Wildman–Crippen MR) is 58.8 cm³/mol. The Balaban J connectivity index is 2.33. The molecule has 0 amide bonds. The third-order valence-electron chi connectivity index (χ3n) is 2.16. The molecule has 0 spiro atoms. The lowest BCUT2D eigenvalue weighted by atomic mass is 10.1. The van der Waals surface area contributed by atoms with Crippen LogP contribution in [0.15, 0.2) is 42.9 Å². The van der Waals surface area contributed by atoms with Crippen LogP contribution in [0.25, 0.3) is 11.1 Å². The van der Waals surface area contributed by atoms with Gasteiger partial charge in [0.1, 0.15) is 0 Å². The van der Waals surface area contributed by atoms with E-state index in [1.807, 2.05) is 18.2 Å². The van der Waals surface area contributed by atoms with Crippen LogP contribution >= 0.6 is 0 Å². The SMILES string of the molecule is O=C(O)Cc1cc(-c2ccncc2)ccn1. The van der Waals surface area contributed by atoms with Crippen LogP contribution < -0.4 is 0 Å². The second-order valence-electron chi connectivity index (χ2n) is 3.34. The van der Waals surface area contributed by atoms with Gasteiger partial charge in [-0.05, 0) is 35.4 Å². The highest BCUT2D eigenvalue weighted by Gasteiger charge is 2.03. The molecule has 0 aliphatic carbocycles. The highest BCUT2D eigenvalue weighted by Crippen LogP contribution is 2.18. The van der Waals surface area contributed by atoms with Gasteiger partial charge in [-0.25, -0.2) is 0 Å². The normalized spacial score (nSPS) is 10.0. The maximum absolute atomic E-state index is 10.6. The summed E-state index contributed by atoms with van der Waals surface area (Å²) >= 11 is 0. The molecule has 4 nitrogen and oxygen atoms in total. The van der Waals surface area contributed by atoms with Crippen LogP contribution in [0.1, 0.15) is 5.69 Å². The number of pyridine rings is 2. The van der Waals surface area contributed by atoms with Gasteiger partial charge < -0.3 is 5.11 Å². The third-order valence-corrected chi connectivity index (χ3v) is 2.16. The monoisotopic (exact) mass is 214 g/mol. The Hall–Kier alpha value is -2.23. The van der Waals surface area contributed by atoms with Gasteiger partial charge in [-0.3, -0.25) is 14.8 Å². The predicted octanol–water partition coefficient (Wildman–Crippen LogP) is 1.77. The smallest absolute Gasteiger partial charge is 0.309 e. The number of hydrogen-bond acceptors (Lipinski definition) is 3. The van der Waals surface area contributed by atoms with Crippen molar-refractivity contribution < 1.29 is 9.90 Å². The first-order valence-corrected chi connectivity index (χ1v) is 4.83. The summed E-state index contributed by atoms with van der Waals surface area (Å²) in [6, 6.07) is 7.38. The molecule has 0 aliphatic rings. The first kappa shape index (κ1) is 10.3. The Morgan fingerprint density at radius 3 is 2.50 bits per heavy atom. The molecule has 0 radical (unpaired) electrons. The fourth-order valence-electron chi connectivity index (χ4n) is 1.45. The average molecular weight is 214 g/mol. The van der Waals surface area contributed by atoms with Gasteiger partial charge in [0, 0.05) is 18.6 Å². The molecule has 16 heavy (non-hydrogen) atoms. The second kappa shape index (κ2) is 4.53. The van der Waals surface area contributed by atoms with E-state index in [2.05, 4.69) is 9.97 Å². The molecule has 1 N–H and O–H groups in total. The largest absolute Gasteiger partial charge is 0.481 e. The summed E-state index contributed by atoms with van der Waals surface area (Å²) in [4.78, 5) is 18.5. The van der Waals surface area contributed by atoms with Gasteiger partial charge >= 0.3 is 5.97 Å². The quantitative estimate of drug-likeness (QED) is 0.845. The van der Waals surface area contributed by atoms with Crippen molar-refractivity contribution in [2.45, 2.75) is 6.42 Å². The summed E-state index contributed by atoms with van der Waals surface area (Å²) in [6.45, 7) is 0. The molecule has 0 aliphatic heterocycles. The Morgan fingerprint density at radius 2 is 1.81 bits per heavy atom. The number of aliphatic carboxylic acids is 1. The Labute approximate surface area is 92.6 Å². The number of rotatable bonds is 3. The molecular formula is C12H10N2O2. The van der Waals surface area contributed by atoms with Gasteiger partial charge in [-0.15, -0.1) is 0 Å². The van der Waals surface area contributed by atoms with Gasteiger partial charge in [-0.2, -0.15) is 0 Å². The number of aromatic nitrogens is 2. The van der Waals surface area contributed by atoms with Gasteiger partial charge in [-0.1, -0.05) is 0 Å². The molecule has 0 unspecified atom stereocenters. The lowest BCUT2D eigenvalue weighted by molar-refractivity contribution is -0.136. The van der Waals surface area contributed by atoms with E-state index in [-0.39, 0.29) is 6.42 Å². The Kier molecular flexibility index (Phi) is 2.91. The highest BCUT2D eigenvalue weighted by atomic mass is 16.4. The topological polar surface area (TPSA) is 63.1 Å². The zero-order valence-corrected chi connectivity index (χ0v) is 8.50. The molecule has 0 atom stereocenters. The van der Waals surface area contributed by atoms with Crippen molar-refractivity contribution in [2.24, 2.45) is 0 Å². The first-order valence-electron chi connectivity index (χ1n) is 4.83. The molecule has 0 saturated carbocycles. The van der Waals surface area contributed by atoms with E-state index in [0.29, 0.717) is 5.69 Å². The van der Waals surface area contributed by atoms with E-state index in [1.54, 1.807) is 24.7 Å². The van der Waals surface area contributed by atoms with Crippen molar-refractivity contribution in [3.8, 4) is 11.1 Å². The van der Waals surface area contributed by atoms with Crippen LogP contribution in [-0.2, 0) is 11.2 Å². The molecule has 2 aromatic heterocycles. The lowest BCUT2D eigenvalue weighted by Gasteiger charge is -2.02. The molecule has 2 heterocycles. The molecule has 0 aromatic carbocycles. The molecule has 2 aromatic rings. The number of hydrogen-bond donors (Lipinski definition) is 1. The number of nitrogens with zero attached hydrogens (tertiary/aromatic N) is 2. The first-order chi connectivity index (χ1) is 7.75. The highest BCUT2D eigenvalue weighted by molar-refractivity contribution is 5.71. The van der Waals surface area contributed by atoms with E-state index >= 15 is 0 Å². The van der Waals surface area contributed by atoms with Crippen molar-refractivity contribution in [1.82, 2.24) is 9.97 Å². The molecule has 80 valence electrons. The van der Waals surface area contributed by atoms with Crippen molar-refractivity contribution in [3.05, 3.63) is 48.5 Å². The molecule has 0 bridgehead atoms. The molecular weight excluding hydrogens is 204 g/mol. The standard InChI is InChI=1S/C12H10N2O2/c15-12(16)8-11-7-10(3-6-14-11)9-1-4-13-5-2-9/h1-7H,8H2,(H,15,16). The minimum Gasteiger partial charge on any atom is -0.481 e. The van der Waals surface area contributed by atoms with Crippen LogP contribution in [0.5, 0.6) is 0 Å². The second-order valence-corrected chi connectivity index (χ2v) is 3.34. The van der Waals surface area contributed by atoms with Crippen molar-refractivity contribution in [3.63, 3.8) is 0 Å². The van der Waals surface area contributed by atoms with E-state index in [0.717, 1.165) is 11.1 Å². The summed E-state index contributed by atoms with van der Waals surface area (Å²) in [5, 5.41) is 8.68. The van der Waals surface area contributed by atoms with Gasteiger partial charge in [0.15, 0.2) is 0 Å². The van der Waals surface area contributed by atoms with Crippen molar-refractivity contribution in [1.29, 1.82) is 0 Å². The van der Waals surface area contributed by atoms with E-state index in [9.17, 15) is 4.79 Å². The van der Waals surface area contributed by atoms with E-state index in [1.165, 1.54) is 0 Å². The summed E-state index contributed by atoms with van der Waals surface area (Å²) in [5.74, 6) is -0.876. The molecule has 0 saturated heterocycles. The minimum atomic E-state index is -0.876. The van der Waals surface area contributed by atoms with Crippen LogP contribution in [0, 0.1) is 0 Å². The average Bonchev–Trinajstić information content (AvgIpc) is 2.30. The molecule has 2 rings (SSSR count). The summed E-state index contributed by atoms with van der Waals surface area (Å²) in [5.41, 5.74) is 2.51. The van der Waals surface area contributed by atoms with E-state index in [4.69, 9.17) is 5.11 Å². The number of carboxylic acids is 1. The Morgan fingerprint density at radius 1 is 1.12 bits per heavy atom.